The molecule has 2 aromatic rings. The van der Waals surface area contributed by atoms with Gasteiger partial charge >= 0.3 is 0 Å². The molecule has 82 valence electrons. The number of hydrogen-bond donors (Lipinski definition) is 0. The van der Waals surface area contributed by atoms with E-state index in [1.165, 1.54) is 12.4 Å². The molecule has 0 fully saturated rings. The average Bonchev–Trinajstić information content (AvgIpc) is 2.31. The first kappa shape index (κ1) is 10.6. The Morgan fingerprint density at radius 2 is 1.75 bits per heavy atom. The van der Waals surface area contributed by atoms with Crippen LogP contribution in [0.1, 0.15) is 17.2 Å². The first-order valence-electron chi connectivity index (χ1n) is 5.07. The topological polar surface area (TPSA) is 36.2 Å². The van der Waals surface area contributed by atoms with Crippen LogP contribution >= 0.6 is 0 Å². The quantitative estimate of drug-likeness (QED) is 0.580. The minimum absolute atomic E-state index is 0.192. The molecule has 16 heavy (non-hydrogen) atoms. The minimum Gasteiger partial charge on any atom is -0.619 e. The van der Waals surface area contributed by atoms with Gasteiger partial charge in [-0.25, -0.2) is 0 Å². The molecule has 2 rings (SSSR count). The molecular formula is C13H13NO2. The summed E-state index contributed by atoms with van der Waals surface area (Å²) in [5, 5.41) is 11.2. The summed E-state index contributed by atoms with van der Waals surface area (Å²) in [4.78, 5) is 0. The van der Waals surface area contributed by atoms with Crippen LogP contribution in [-0.4, -0.2) is 7.11 Å². The zero-order valence-electron chi connectivity index (χ0n) is 9.04. The van der Waals surface area contributed by atoms with Gasteiger partial charge in [-0.3, -0.25) is 0 Å². The molecule has 0 N–H and O–H groups in total. The van der Waals surface area contributed by atoms with Crippen molar-refractivity contribution in [3.63, 3.8) is 0 Å². The number of hydrogen-bond acceptors (Lipinski definition) is 2. The molecule has 1 atom stereocenters. The summed E-state index contributed by atoms with van der Waals surface area (Å²) in [6.07, 6.45) is 2.80. The third-order valence-electron chi connectivity index (χ3n) is 2.44. The maximum Gasteiger partial charge on any atom is 0.186 e. The Morgan fingerprint density at radius 1 is 1.06 bits per heavy atom. The van der Waals surface area contributed by atoms with Gasteiger partial charge in [0.05, 0.1) is 5.56 Å². The fourth-order valence-corrected chi connectivity index (χ4v) is 1.72. The van der Waals surface area contributed by atoms with E-state index in [1.54, 1.807) is 13.2 Å². The van der Waals surface area contributed by atoms with E-state index in [1.807, 2.05) is 36.4 Å². The predicted molar refractivity (Wildman–Crippen MR) is 60.7 cm³/mol. The highest BCUT2D eigenvalue weighted by molar-refractivity contribution is 5.27. The largest absolute Gasteiger partial charge is 0.619 e. The number of pyridine rings is 1. The predicted octanol–water partition coefficient (Wildman–Crippen LogP) is 2.06. The highest BCUT2D eigenvalue weighted by Crippen LogP contribution is 2.23. The van der Waals surface area contributed by atoms with Crippen LogP contribution in [0.2, 0.25) is 0 Å². The first-order valence-corrected chi connectivity index (χ1v) is 5.07. The van der Waals surface area contributed by atoms with Gasteiger partial charge < -0.3 is 9.94 Å². The van der Waals surface area contributed by atoms with Gasteiger partial charge in [0.1, 0.15) is 6.10 Å². The van der Waals surface area contributed by atoms with Gasteiger partial charge in [-0.2, -0.15) is 4.73 Å². The van der Waals surface area contributed by atoms with Crippen LogP contribution in [0.4, 0.5) is 0 Å². The lowest BCUT2D eigenvalue weighted by Gasteiger charge is -2.14. The molecule has 0 bridgehead atoms. The summed E-state index contributed by atoms with van der Waals surface area (Å²) in [6, 6.07) is 13.4. The number of ether oxygens (including phenoxy) is 1. The highest BCUT2D eigenvalue weighted by atomic mass is 16.5. The van der Waals surface area contributed by atoms with Crippen molar-refractivity contribution < 1.29 is 9.47 Å². The van der Waals surface area contributed by atoms with E-state index < -0.39 is 0 Å². The van der Waals surface area contributed by atoms with Gasteiger partial charge in [0.2, 0.25) is 0 Å². The first-order chi connectivity index (χ1) is 7.81. The third-order valence-corrected chi connectivity index (χ3v) is 2.44. The molecule has 3 nitrogen and oxygen atoms in total. The summed E-state index contributed by atoms with van der Waals surface area (Å²) in [5.41, 5.74) is 1.89. The third kappa shape index (κ3) is 2.20. The van der Waals surface area contributed by atoms with E-state index in [0.717, 1.165) is 15.9 Å². The van der Waals surface area contributed by atoms with Crippen LogP contribution in [0.5, 0.6) is 0 Å². The summed E-state index contributed by atoms with van der Waals surface area (Å²) in [6.45, 7) is 0. The summed E-state index contributed by atoms with van der Waals surface area (Å²) in [5.74, 6) is 0. The maximum atomic E-state index is 11.2. The molecular weight excluding hydrogens is 202 g/mol. The van der Waals surface area contributed by atoms with Gasteiger partial charge in [0, 0.05) is 13.2 Å². The zero-order chi connectivity index (χ0) is 11.4. The van der Waals surface area contributed by atoms with Crippen molar-refractivity contribution in [2.75, 3.05) is 7.11 Å². The fourth-order valence-electron chi connectivity index (χ4n) is 1.72. The van der Waals surface area contributed by atoms with Crippen molar-refractivity contribution in [1.29, 1.82) is 0 Å². The van der Waals surface area contributed by atoms with Crippen molar-refractivity contribution in [3.05, 3.63) is 71.2 Å². The molecule has 1 aromatic carbocycles. The van der Waals surface area contributed by atoms with Crippen molar-refractivity contribution in [2.24, 2.45) is 0 Å². The second kappa shape index (κ2) is 4.77. The van der Waals surface area contributed by atoms with Crippen LogP contribution in [0.25, 0.3) is 0 Å². The lowest BCUT2D eigenvalue weighted by molar-refractivity contribution is -0.606. The molecule has 0 spiro atoms. The Labute approximate surface area is 94.5 Å². The minimum atomic E-state index is -0.192. The number of aromatic nitrogens is 1. The number of methoxy groups -OCH3 is 1. The van der Waals surface area contributed by atoms with Gasteiger partial charge in [-0.1, -0.05) is 30.3 Å². The van der Waals surface area contributed by atoms with Crippen molar-refractivity contribution in [2.45, 2.75) is 6.10 Å². The Hall–Kier alpha value is -1.87. The van der Waals surface area contributed by atoms with Crippen LogP contribution in [0, 0.1) is 5.21 Å². The second-order valence-electron chi connectivity index (χ2n) is 3.52. The monoisotopic (exact) mass is 215 g/mol. The van der Waals surface area contributed by atoms with E-state index in [2.05, 4.69) is 0 Å². The lowest BCUT2D eigenvalue weighted by Crippen LogP contribution is -2.25. The van der Waals surface area contributed by atoms with E-state index in [9.17, 15) is 5.21 Å². The van der Waals surface area contributed by atoms with E-state index in [0.29, 0.717) is 0 Å². The normalized spacial score (nSPS) is 12.3. The average molecular weight is 215 g/mol. The second-order valence-corrected chi connectivity index (χ2v) is 3.52. The highest BCUT2D eigenvalue weighted by Gasteiger charge is 2.14. The van der Waals surface area contributed by atoms with Crippen LogP contribution in [-0.2, 0) is 4.74 Å². The Morgan fingerprint density at radius 3 is 2.38 bits per heavy atom. The molecule has 1 unspecified atom stereocenters. The standard InChI is InChI=1S/C13H13NO2/c1-16-13(11-6-3-2-4-7-11)12-8-5-9-14(15)10-12/h2-10,13H,1H3. The van der Waals surface area contributed by atoms with Crippen LogP contribution in [0.3, 0.4) is 0 Å². The smallest absolute Gasteiger partial charge is 0.186 e. The van der Waals surface area contributed by atoms with Crippen molar-refractivity contribution >= 4 is 0 Å². The molecule has 0 aliphatic rings. The molecule has 1 heterocycles. The van der Waals surface area contributed by atoms with E-state index >= 15 is 0 Å². The molecule has 0 aliphatic carbocycles. The summed E-state index contributed by atoms with van der Waals surface area (Å²) in [7, 11) is 1.64. The molecule has 3 heteroatoms. The molecule has 1 aromatic heterocycles. The molecule has 0 radical (unpaired) electrons. The van der Waals surface area contributed by atoms with E-state index in [-0.39, 0.29) is 6.10 Å². The van der Waals surface area contributed by atoms with Gasteiger partial charge in [-0.05, 0) is 11.6 Å². The lowest BCUT2D eigenvalue weighted by atomic mass is 10.0. The van der Waals surface area contributed by atoms with Gasteiger partial charge in [-0.15, -0.1) is 0 Å². The molecule has 0 saturated heterocycles. The molecule has 0 saturated carbocycles. The SMILES string of the molecule is COC(c1ccccc1)c1ccc[n+]([O-])c1. The molecule has 0 aliphatic heterocycles. The number of rotatable bonds is 3. The zero-order valence-corrected chi connectivity index (χ0v) is 9.04. The fraction of sp³-hybridized carbons (Fsp3) is 0.154. The molecule has 0 amide bonds. The van der Waals surface area contributed by atoms with Gasteiger partial charge in [0.15, 0.2) is 12.4 Å². The van der Waals surface area contributed by atoms with Crippen LogP contribution in [0.15, 0.2) is 54.9 Å². The summed E-state index contributed by atoms with van der Waals surface area (Å²) >= 11 is 0. The maximum absolute atomic E-state index is 11.2. The van der Waals surface area contributed by atoms with Crippen LogP contribution < -0.4 is 4.73 Å². The summed E-state index contributed by atoms with van der Waals surface area (Å²) < 4.78 is 6.21. The Balaban J connectivity index is 2.37. The Kier molecular flexibility index (Phi) is 3.17. The Bertz CT molecular complexity index is 456. The van der Waals surface area contributed by atoms with Gasteiger partial charge in [0.25, 0.3) is 0 Å². The van der Waals surface area contributed by atoms with Crippen molar-refractivity contribution in [1.82, 2.24) is 0 Å². The number of benzene rings is 1. The van der Waals surface area contributed by atoms with E-state index in [4.69, 9.17) is 4.74 Å². The van der Waals surface area contributed by atoms with Crippen molar-refractivity contribution in [3.8, 4) is 0 Å². The number of nitrogens with zero attached hydrogens (tertiary/aromatic N) is 1.